The third-order valence-corrected chi connectivity index (χ3v) is 4.78. The van der Waals surface area contributed by atoms with Gasteiger partial charge in [-0.2, -0.15) is 10.5 Å². The monoisotopic (exact) mass is 444 g/mol. The third kappa shape index (κ3) is 5.25. The Morgan fingerprint density at radius 2 is 1.69 bits per heavy atom. The van der Waals surface area contributed by atoms with Gasteiger partial charge in [0.1, 0.15) is 6.61 Å². The molecule has 0 saturated carbocycles. The summed E-state index contributed by atoms with van der Waals surface area (Å²) in [6.07, 6.45) is 1.78. The molecule has 0 N–H and O–H groups in total. The molecule has 0 aromatic heterocycles. The first-order valence-electron chi connectivity index (χ1n) is 8.80. The summed E-state index contributed by atoms with van der Waals surface area (Å²) in [6.45, 7) is 0.424. The fraction of sp³-hybridized carbons (Fsp3) is 0.0833. The predicted molar refractivity (Wildman–Crippen MR) is 116 cm³/mol. The lowest BCUT2D eigenvalue weighted by Crippen LogP contribution is -1.98. The van der Waals surface area contributed by atoms with Crippen molar-refractivity contribution in [2.45, 2.75) is 6.61 Å². The number of methoxy groups -OCH3 is 1. The molecular formula is C24H17BrN2O2. The van der Waals surface area contributed by atoms with Crippen LogP contribution in [0.3, 0.4) is 0 Å². The Morgan fingerprint density at radius 3 is 2.31 bits per heavy atom. The van der Waals surface area contributed by atoms with Crippen molar-refractivity contribution in [1.29, 1.82) is 10.5 Å². The van der Waals surface area contributed by atoms with E-state index in [9.17, 15) is 5.26 Å². The average molecular weight is 445 g/mol. The summed E-state index contributed by atoms with van der Waals surface area (Å²) in [5.74, 6) is 1.22. The molecule has 0 aliphatic heterocycles. The second-order valence-corrected chi connectivity index (χ2v) is 7.10. The lowest BCUT2D eigenvalue weighted by atomic mass is 10.0. The zero-order valence-corrected chi connectivity index (χ0v) is 17.3. The van der Waals surface area contributed by atoms with Crippen LogP contribution in [0.2, 0.25) is 0 Å². The highest BCUT2D eigenvalue weighted by Crippen LogP contribution is 2.30. The zero-order valence-electron chi connectivity index (χ0n) is 15.7. The third-order valence-electron chi connectivity index (χ3n) is 4.25. The summed E-state index contributed by atoms with van der Waals surface area (Å²) in [7, 11) is 1.58. The fourth-order valence-electron chi connectivity index (χ4n) is 2.71. The molecule has 0 spiro atoms. The molecule has 0 amide bonds. The van der Waals surface area contributed by atoms with Gasteiger partial charge in [-0.15, -0.1) is 0 Å². The lowest BCUT2D eigenvalue weighted by molar-refractivity contribution is 0.284. The molecule has 5 heteroatoms. The van der Waals surface area contributed by atoms with Crippen LogP contribution < -0.4 is 9.47 Å². The quantitative estimate of drug-likeness (QED) is 0.346. The first-order valence-corrected chi connectivity index (χ1v) is 9.60. The Kier molecular flexibility index (Phi) is 6.68. The number of nitrogens with zero attached hydrogens (tertiary/aromatic N) is 2. The predicted octanol–water partition coefficient (Wildman–Crippen LogP) is 5.97. The minimum Gasteiger partial charge on any atom is -0.493 e. The molecule has 0 fully saturated rings. The number of allylic oxidation sites excluding steroid dienone is 1. The first-order chi connectivity index (χ1) is 14.1. The van der Waals surface area contributed by atoms with Gasteiger partial charge in [-0.25, -0.2) is 0 Å². The highest BCUT2D eigenvalue weighted by Gasteiger charge is 2.08. The van der Waals surface area contributed by atoms with Gasteiger partial charge in [0.05, 0.1) is 30.4 Å². The Morgan fingerprint density at radius 1 is 0.966 bits per heavy atom. The number of hydrogen-bond acceptors (Lipinski definition) is 4. The molecule has 0 unspecified atom stereocenters. The Labute approximate surface area is 178 Å². The van der Waals surface area contributed by atoms with Crippen molar-refractivity contribution in [3.8, 4) is 23.6 Å². The van der Waals surface area contributed by atoms with Gasteiger partial charge in [0.2, 0.25) is 0 Å². The first kappa shape index (κ1) is 20.2. The Bertz CT molecular complexity index is 1110. The van der Waals surface area contributed by atoms with E-state index in [0.717, 1.165) is 21.2 Å². The van der Waals surface area contributed by atoms with Crippen LogP contribution in [0.4, 0.5) is 0 Å². The molecule has 29 heavy (non-hydrogen) atoms. The van der Waals surface area contributed by atoms with E-state index in [1.807, 2.05) is 42.5 Å². The molecule has 0 heterocycles. The molecule has 0 bridgehead atoms. The highest BCUT2D eigenvalue weighted by molar-refractivity contribution is 9.10. The van der Waals surface area contributed by atoms with Gasteiger partial charge in [0.15, 0.2) is 11.5 Å². The Hall–Kier alpha value is -3.54. The molecule has 4 nitrogen and oxygen atoms in total. The van der Waals surface area contributed by atoms with Crippen LogP contribution in [-0.2, 0) is 6.61 Å². The highest BCUT2D eigenvalue weighted by atomic mass is 79.9. The molecular weight excluding hydrogens is 428 g/mol. The minimum atomic E-state index is 0.424. The molecule has 3 aromatic carbocycles. The van der Waals surface area contributed by atoms with Crippen LogP contribution in [0.15, 0.2) is 71.2 Å². The summed E-state index contributed by atoms with van der Waals surface area (Å²) in [5.41, 5.74) is 3.67. The summed E-state index contributed by atoms with van der Waals surface area (Å²) in [5, 5.41) is 18.4. The summed E-state index contributed by atoms with van der Waals surface area (Å²) in [6, 6.07) is 24.7. The standard InChI is InChI=1S/C24H17BrN2O2/c1-28-24-13-19(12-21(15-27)20-7-2-17(14-26)3-8-20)6-11-23(24)29-16-18-4-9-22(25)10-5-18/h2-13H,16H2,1H3. The van der Waals surface area contributed by atoms with Gasteiger partial charge in [-0.1, -0.05) is 46.3 Å². The summed E-state index contributed by atoms with van der Waals surface area (Å²) >= 11 is 3.42. The SMILES string of the molecule is COc1cc(C=C(C#N)c2ccc(C#N)cc2)ccc1OCc1ccc(Br)cc1. The lowest BCUT2D eigenvalue weighted by Gasteiger charge is -2.12. The van der Waals surface area contributed by atoms with Gasteiger partial charge in [0.25, 0.3) is 0 Å². The number of benzene rings is 3. The molecule has 0 atom stereocenters. The van der Waals surface area contributed by atoms with Crippen LogP contribution in [0.1, 0.15) is 22.3 Å². The van der Waals surface area contributed by atoms with Crippen LogP contribution in [0.5, 0.6) is 11.5 Å². The molecule has 142 valence electrons. The molecule has 3 rings (SSSR count). The topological polar surface area (TPSA) is 66.0 Å². The van der Waals surface area contributed by atoms with Gasteiger partial charge in [-0.3, -0.25) is 0 Å². The maximum Gasteiger partial charge on any atom is 0.161 e. The smallest absolute Gasteiger partial charge is 0.161 e. The van der Waals surface area contributed by atoms with E-state index in [0.29, 0.717) is 29.2 Å². The van der Waals surface area contributed by atoms with Crippen molar-refractivity contribution in [1.82, 2.24) is 0 Å². The summed E-state index contributed by atoms with van der Waals surface area (Å²) in [4.78, 5) is 0. The van der Waals surface area contributed by atoms with Gasteiger partial charge in [-0.05, 0) is 59.2 Å². The molecule has 0 aliphatic rings. The van der Waals surface area contributed by atoms with E-state index in [-0.39, 0.29) is 0 Å². The molecule has 3 aromatic rings. The van der Waals surface area contributed by atoms with Crippen molar-refractivity contribution in [2.24, 2.45) is 0 Å². The van der Waals surface area contributed by atoms with Crippen LogP contribution in [0, 0.1) is 22.7 Å². The largest absolute Gasteiger partial charge is 0.493 e. The molecule has 0 aliphatic carbocycles. The fourth-order valence-corrected chi connectivity index (χ4v) is 2.97. The van der Waals surface area contributed by atoms with E-state index in [1.165, 1.54) is 0 Å². The molecule has 0 saturated heterocycles. The van der Waals surface area contributed by atoms with Crippen LogP contribution in [0.25, 0.3) is 11.6 Å². The number of rotatable bonds is 6. The number of ether oxygens (including phenoxy) is 2. The molecule has 0 radical (unpaired) electrons. The van der Waals surface area contributed by atoms with Crippen molar-refractivity contribution in [2.75, 3.05) is 7.11 Å². The van der Waals surface area contributed by atoms with Crippen LogP contribution >= 0.6 is 15.9 Å². The van der Waals surface area contributed by atoms with Crippen molar-refractivity contribution in [3.05, 3.63) is 93.5 Å². The van der Waals surface area contributed by atoms with Crippen LogP contribution in [-0.4, -0.2) is 7.11 Å². The second-order valence-electron chi connectivity index (χ2n) is 6.18. The number of nitriles is 2. The summed E-state index contributed by atoms with van der Waals surface area (Å²) < 4.78 is 12.4. The van der Waals surface area contributed by atoms with E-state index in [4.69, 9.17) is 14.7 Å². The maximum absolute atomic E-state index is 9.54. The van der Waals surface area contributed by atoms with Gasteiger partial charge >= 0.3 is 0 Å². The van der Waals surface area contributed by atoms with Crippen molar-refractivity contribution >= 4 is 27.6 Å². The average Bonchev–Trinajstić information content (AvgIpc) is 2.77. The second kappa shape index (κ2) is 9.59. The van der Waals surface area contributed by atoms with Gasteiger partial charge < -0.3 is 9.47 Å². The van der Waals surface area contributed by atoms with Crippen molar-refractivity contribution < 1.29 is 9.47 Å². The van der Waals surface area contributed by atoms with E-state index in [1.54, 1.807) is 37.5 Å². The van der Waals surface area contributed by atoms with E-state index in [2.05, 4.69) is 28.1 Å². The number of hydrogen-bond donors (Lipinski definition) is 0. The van der Waals surface area contributed by atoms with Gasteiger partial charge in [0, 0.05) is 4.47 Å². The van der Waals surface area contributed by atoms with Crippen molar-refractivity contribution in [3.63, 3.8) is 0 Å². The normalized spacial score (nSPS) is 10.7. The zero-order chi connectivity index (χ0) is 20.6. The maximum atomic E-state index is 9.54. The minimum absolute atomic E-state index is 0.424. The van der Waals surface area contributed by atoms with E-state index < -0.39 is 0 Å². The number of halogens is 1. The van der Waals surface area contributed by atoms with E-state index >= 15 is 0 Å². The Balaban J connectivity index is 1.81.